The molecule has 1 heterocycles. The number of urea groups is 1. The van der Waals surface area contributed by atoms with E-state index < -0.39 is 11.6 Å². The standard InChI is InChI=1S/C22H19F2N3O/c23-16-12-13-19(20(24)15-16)21-11-6-10-17(26-21)9-4-5-14-25-22(28)27-18-7-2-1-3-8-18/h1-4,6-13,15H,5,14H2,(H2,25,27,28)/b9-4+. The molecule has 0 saturated carbocycles. The van der Waals surface area contributed by atoms with Gasteiger partial charge in [-0.3, -0.25) is 0 Å². The minimum Gasteiger partial charge on any atom is -0.338 e. The Kier molecular flexibility index (Phi) is 6.46. The number of carbonyl (C=O) groups excluding carboxylic acids is 1. The summed E-state index contributed by atoms with van der Waals surface area (Å²) in [5, 5.41) is 5.50. The van der Waals surface area contributed by atoms with Gasteiger partial charge in [0.15, 0.2) is 0 Å². The highest BCUT2D eigenvalue weighted by atomic mass is 19.1. The summed E-state index contributed by atoms with van der Waals surface area (Å²) in [5.41, 5.74) is 2.05. The third kappa shape index (κ3) is 5.48. The molecule has 2 N–H and O–H groups in total. The lowest BCUT2D eigenvalue weighted by atomic mass is 10.1. The van der Waals surface area contributed by atoms with Gasteiger partial charge in [-0.05, 0) is 48.9 Å². The summed E-state index contributed by atoms with van der Waals surface area (Å²) in [6, 6.07) is 17.5. The average molecular weight is 379 g/mol. The number of carbonyl (C=O) groups is 1. The molecule has 0 spiro atoms. The molecule has 0 saturated heterocycles. The minimum atomic E-state index is -0.651. The molecule has 3 rings (SSSR count). The Morgan fingerprint density at radius 2 is 1.82 bits per heavy atom. The van der Waals surface area contributed by atoms with Crippen molar-refractivity contribution < 1.29 is 13.6 Å². The lowest BCUT2D eigenvalue weighted by Crippen LogP contribution is -2.29. The van der Waals surface area contributed by atoms with Crippen molar-refractivity contribution in [3.8, 4) is 11.3 Å². The molecular formula is C22H19F2N3O. The molecule has 142 valence electrons. The number of nitrogens with one attached hydrogen (secondary N) is 2. The Morgan fingerprint density at radius 3 is 2.61 bits per heavy atom. The Morgan fingerprint density at radius 1 is 1.00 bits per heavy atom. The summed E-state index contributed by atoms with van der Waals surface area (Å²) < 4.78 is 27.0. The summed E-state index contributed by atoms with van der Waals surface area (Å²) in [7, 11) is 0. The van der Waals surface area contributed by atoms with Gasteiger partial charge in [0, 0.05) is 23.9 Å². The fraction of sp³-hybridized carbons (Fsp3) is 0.0909. The van der Waals surface area contributed by atoms with Crippen LogP contribution in [0.4, 0.5) is 19.3 Å². The number of hydrogen-bond donors (Lipinski definition) is 2. The van der Waals surface area contributed by atoms with E-state index in [1.807, 2.05) is 36.4 Å². The Bertz CT molecular complexity index is 975. The number of para-hydroxylation sites is 1. The molecule has 0 atom stereocenters. The van der Waals surface area contributed by atoms with Gasteiger partial charge in [-0.25, -0.2) is 18.6 Å². The highest BCUT2D eigenvalue weighted by Crippen LogP contribution is 2.22. The number of amides is 2. The van der Waals surface area contributed by atoms with Gasteiger partial charge in [0.1, 0.15) is 11.6 Å². The Hall–Kier alpha value is -3.54. The van der Waals surface area contributed by atoms with E-state index in [1.54, 1.807) is 24.3 Å². The number of nitrogens with zero attached hydrogens (tertiary/aromatic N) is 1. The van der Waals surface area contributed by atoms with Crippen molar-refractivity contribution in [1.29, 1.82) is 0 Å². The SMILES string of the molecule is O=C(NCC/C=C/c1cccc(-c2ccc(F)cc2F)n1)Nc1ccccc1. The van der Waals surface area contributed by atoms with Gasteiger partial charge in [0.2, 0.25) is 0 Å². The van der Waals surface area contributed by atoms with Crippen molar-refractivity contribution in [2.24, 2.45) is 0 Å². The van der Waals surface area contributed by atoms with Crippen molar-refractivity contribution >= 4 is 17.8 Å². The van der Waals surface area contributed by atoms with Gasteiger partial charge in [-0.2, -0.15) is 0 Å². The second-order valence-corrected chi connectivity index (χ2v) is 6.01. The van der Waals surface area contributed by atoms with Crippen molar-refractivity contribution in [2.45, 2.75) is 6.42 Å². The highest BCUT2D eigenvalue weighted by Gasteiger charge is 2.07. The maximum atomic E-state index is 13.9. The quantitative estimate of drug-likeness (QED) is 0.575. The number of aromatic nitrogens is 1. The van der Waals surface area contributed by atoms with E-state index in [1.165, 1.54) is 12.1 Å². The zero-order valence-electron chi connectivity index (χ0n) is 15.0. The molecule has 1 aromatic heterocycles. The second-order valence-electron chi connectivity index (χ2n) is 6.01. The van der Waals surface area contributed by atoms with E-state index >= 15 is 0 Å². The molecule has 0 aliphatic rings. The van der Waals surface area contributed by atoms with Crippen LogP contribution in [0.15, 0.2) is 72.8 Å². The van der Waals surface area contributed by atoms with Crippen molar-refractivity contribution in [3.05, 3.63) is 90.1 Å². The van der Waals surface area contributed by atoms with Crippen LogP contribution < -0.4 is 10.6 Å². The zero-order valence-corrected chi connectivity index (χ0v) is 15.0. The number of hydrogen-bond acceptors (Lipinski definition) is 2. The maximum absolute atomic E-state index is 13.9. The van der Waals surface area contributed by atoms with Crippen LogP contribution in [0.1, 0.15) is 12.1 Å². The summed E-state index contributed by atoms with van der Waals surface area (Å²) >= 11 is 0. The number of rotatable bonds is 6. The zero-order chi connectivity index (χ0) is 19.8. The summed E-state index contributed by atoms with van der Waals surface area (Å²) in [5.74, 6) is -1.27. The molecule has 4 nitrogen and oxygen atoms in total. The van der Waals surface area contributed by atoms with Crippen LogP contribution in [0.5, 0.6) is 0 Å². The van der Waals surface area contributed by atoms with Crippen LogP contribution in [-0.4, -0.2) is 17.6 Å². The molecular weight excluding hydrogens is 360 g/mol. The van der Waals surface area contributed by atoms with Crippen molar-refractivity contribution in [2.75, 3.05) is 11.9 Å². The van der Waals surface area contributed by atoms with Crippen LogP contribution in [0.25, 0.3) is 17.3 Å². The van der Waals surface area contributed by atoms with E-state index in [0.29, 0.717) is 24.4 Å². The second kappa shape index (κ2) is 9.41. The lowest BCUT2D eigenvalue weighted by molar-refractivity contribution is 0.252. The van der Waals surface area contributed by atoms with Gasteiger partial charge in [-0.1, -0.05) is 30.3 Å². The van der Waals surface area contributed by atoms with Crippen molar-refractivity contribution in [3.63, 3.8) is 0 Å². The molecule has 2 amide bonds. The Balaban J connectivity index is 1.51. The van der Waals surface area contributed by atoms with Gasteiger partial charge < -0.3 is 10.6 Å². The van der Waals surface area contributed by atoms with E-state index in [4.69, 9.17) is 0 Å². The lowest BCUT2D eigenvalue weighted by Gasteiger charge is -2.06. The first-order chi connectivity index (χ1) is 13.6. The smallest absolute Gasteiger partial charge is 0.319 e. The van der Waals surface area contributed by atoms with E-state index in [9.17, 15) is 13.6 Å². The van der Waals surface area contributed by atoms with E-state index in [2.05, 4.69) is 15.6 Å². The van der Waals surface area contributed by atoms with Gasteiger partial charge in [0.25, 0.3) is 0 Å². The monoisotopic (exact) mass is 379 g/mol. The van der Waals surface area contributed by atoms with Gasteiger partial charge >= 0.3 is 6.03 Å². The number of anilines is 1. The molecule has 0 fully saturated rings. The van der Waals surface area contributed by atoms with Crippen LogP contribution in [-0.2, 0) is 0 Å². The molecule has 0 unspecified atom stereocenters. The third-order valence-corrected chi connectivity index (χ3v) is 3.89. The van der Waals surface area contributed by atoms with E-state index in [-0.39, 0.29) is 11.6 Å². The first kappa shape index (κ1) is 19.2. The summed E-state index contributed by atoms with van der Waals surface area (Å²) in [4.78, 5) is 16.2. The fourth-order valence-electron chi connectivity index (χ4n) is 2.56. The predicted molar refractivity (Wildman–Crippen MR) is 107 cm³/mol. The number of benzene rings is 2. The summed E-state index contributed by atoms with van der Waals surface area (Å²) in [6.45, 7) is 0.460. The first-order valence-electron chi connectivity index (χ1n) is 8.81. The normalized spacial score (nSPS) is 10.8. The Labute approximate surface area is 161 Å². The van der Waals surface area contributed by atoms with Crippen LogP contribution >= 0.6 is 0 Å². The summed E-state index contributed by atoms with van der Waals surface area (Å²) in [6.07, 6.45) is 4.27. The van der Waals surface area contributed by atoms with E-state index in [0.717, 1.165) is 11.8 Å². The number of halogens is 2. The minimum absolute atomic E-state index is 0.246. The molecule has 3 aromatic rings. The topological polar surface area (TPSA) is 54.0 Å². The molecule has 6 heteroatoms. The number of pyridine rings is 1. The highest BCUT2D eigenvalue weighted by molar-refractivity contribution is 5.89. The van der Waals surface area contributed by atoms with Crippen LogP contribution in [0.2, 0.25) is 0 Å². The molecule has 2 aromatic carbocycles. The fourth-order valence-corrected chi connectivity index (χ4v) is 2.56. The third-order valence-electron chi connectivity index (χ3n) is 3.89. The van der Waals surface area contributed by atoms with Crippen molar-refractivity contribution in [1.82, 2.24) is 10.3 Å². The molecule has 0 aliphatic carbocycles. The average Bonchev–Trinajstić information content (AvgIpc) is 2.69. The predicted octanol–water partition coefficient (Wildman–Crippen LogP) is 5.25. The maximum Gasteiger partial charge on any atom is 0.319 e. The largest absolute Gasteiger partial charge is 0.338 e. The molecule has 28 heavy (non-hydrogen) atoms. The van der Waals surface area contributed by atoms with Crippen LogP contribution in [0.3, 0.4) is 0 Å². The molecule has 0 aliphatic heterocycles. The van der Waals surface area contributed by atoms with Gasteiger partial charge in [-0.15, -0.1) is 0 Å². The van der Waals surface area contributed by atoms with Gasteiger partial charge in [0.05, 0.1) is 11.4 Å². The molecule has 0 bridgehead atoms. The molecule has 0 radical (unpaired) electrons. The first-order valence-corrected chi connectivity index (χ1v) is 8.81. The van der Waals surface area contributed by atoms with Crippen LogP contribution in [0, 0.1) is 11.6 Å².